The molecule has 2 aromatic heterocycles. The van der Waals surface area contributed by atoms with Crippen LogP contribution in [0, 0.1) is 0 Å². The van der Waals surface area contributed by atoms with Crippen molar-refractivity contribution in [3.63, 3.8) is 0 Å². The maximum absolute atomic E-state index is 5.84. The fraction of sp³-hybridized carbons (Fsp3) is 0.235. The van der Waals surface area contributed by atoms with Crippen LogP contribution >= 0.6 is 15.9 Å². The van der Waals surface area contributed by atoms with Crippen LogP contribution < -0.4 is 11.2 Å². The molecule has 1 aliphatic rings. The van der Waals surface area contributed by atoms with E-state index in [2.05, 4.69) is 26.0 Å². The molecular weight excluding hydrogens is 397 g/mol. The predicted octanol–water partition coefficient (Wildman–Crippen LogP) is 1.68. The molecule has 0 saturated heterocycles. The molecule has 3 heterocycles. The topological polar surface area (TPSA) is 87.5 Å². The number of para-hydroxylation sites is 1. The van der Waals surface area contributed by atoms with E-state index in [1.54, 1.807) is 18.0 Å². The van der Waals surface area contributed by atoms with Gasteiger partial charge in [0, 0.05) is 35.8 Å². The third-order valence-corrected chi connectivity index (χ3v) is 4.80. The molecule has 0 aliphatic carbocycles. The van der Waals surface area contributed by atoms with E-state index in [0.717, 1.165) is 43.5 Å². The quantitative estimate of drug-likeness (QED) is 0.507. The van der Waals surface area contributed by atoms with Crippen LogP contribution in [0.4, 0.5) is 5.69 Å². The Bertz CT molecular complexity index is 1020. The largest absolute Gasteiger partial charge is 0.413 e. The van der Waals surface area contributed by atoms with Gasteiger partial charge >= 0.3 is 6.92 Å². The van der Waals surface area contributed by atoms with Gasteiger partial charge in [0.05, 0.1) is 24.6 Å². The van der Waals surface area contributed by atoms with Crippen molar-refractivity contribution in [2.24, 2.45) is 17.8 Å². The maximum Gasteiger partial charge on any atom is 0.386 e. The van der Waals surface area contributed by atoms with Crippen LogP contribution in [0.3, 0.4) is 0 Å². The first-order valence-corrected chi connectivity index (χ1v) is 8.93. The molecule has 0 radical (unpaired) electrons. The Morgan fingerprint density at radius 1 is 1.35 bits per heavy atom. The summed E-state index contributed by atoms with van der Waals surface area (Å²) in [6.07, 6.45) is 1.75. The van der Waals surface area contributed by atoms with Crippen molar-refractivity contribution in [3.05, 3.63) is 46.2 Å². The van der Waals surface area contributed by atoms with Crippen molar-refractivity contribution in [3.8, 4) is 0 Å². The number of aryl methyl sites for hydroxylation is 1. The van der Waals surface area contributed by atoms with Crippen LogP contribution in [0.25, 0.3) is 11.0 Å². The highest BCUT2D eigenvalue weighted by atomic mass is 79.9. The summed E-state index contributed by atoms with van der Waals surface area (Å²) in [7, 11) is 3.53. The number of aliphatic imine (C=N–C) groups is 1. The van der Waals surface area contributed by atoms with Gasteiger partial charge < -0.3 is 15.1 Å². The summed E-state index contributed by atoms with van der Waals surface area (Å²) in [5, 5.41) is 5.56. The molecular formula is C17H17BBrN5O2. The van der Waals surface area contributed by atoms with Crippen LogP contribution in [0.2, 0.25) is 0 Å². The third-order valence-electron chi connectivity index (χ3n) is 4.36. The van der Waals surface area contributed by atoms with Crippen LogP contribution in [-0.2, 0) is 23.0 Å². The summed E-state index contributed by atoms with van der Waals surface area (Å²) in [6.45, 7) is 0.194. The van der Waals surface area contributed by atoms with Crippen molar-refractivity contribution >= 4 is 50.6 Å². The number of rotatable bonds is 5. The number of hydrogen-bond acceptors (Lipinski definition) is 6. The van der Waals surface area contributed by atoms with E-state index in [1.807, 2.05) is 31.3 Å². The third kappa shape index (κ3) is 2.77. The van der Waals surface area contributed by atoms with Crippen molar-refractivity contribution in [1.29, 1.82) is 0 Å². The summed E-state index contributed by atoms with van der Waals surface area (Å²) >= 11 is 3.48. The van der Waals surface area contributed by atoms with Gasteiger partial charge in [-0.2, -0.15) is 5.10 Å². The van der Waals surface area contributed by atoms with Gasteiger partial charge in [0.1, 0.15) is 5.69 Å². The molecule has 2 N–H and O–H groups in total. The second-order valence-electron chi connectivity index (χ2n) is 6.00. The van der Waals surface area contributed by atoms with E-state index in [0.29, 0.717) is 6.61 Å². The number of benzene rings is 1. The number of hydrogen-bond donors (Lipinski definition) is 1. The van der Waals surface area contributed by atoms with Crippen molar-refractivity contribution in [1.82, 2.24) is 14.8 Å². The van der Waals surface area contributed by atoms with E-state index < -0.39 is 0 Å². The molecule has 0 bridgehead atoms. The van der Waals surface area contributed by atoms with Crippen molar-refractivity contribution in [2.45, 2.75) is 6.61 Å². The highest BCUT2D eigenvalue weighted by Gasteiger charge is 2.37. The van der Waals surface area contributed by atoms with Gasteiger partial charge in [0.15, 0.2) is 5.65 Å². The first-order chi connectivity index (χ1) is 12.6. The fourth-order valence-electron chi connectivity index (χ4n) is 3.30. The molecule has 132 valence electrons. The highest BCUT2D eigenvalue weighted by Crippen LogP contribution is 2.29. The molecule has 3 aromatic rings. The van der Waals surface area contributed by atoms with Gasteiger partial charge in [-0.1, -0.05) is 18.2 Å². The lowest BCUT2D eigenvalue weighted by Gasteiger charge is -2.10. The first-order valence-electron chi connectivity index (χ1n) is 8.13. The number of pyridine rings is 1. The molecule has 1 aromatic carbocycles. The van der Waals surface area contributed by atoms with Gasteiger partial charge in [-0.3, -0.25) is 4.99 Å². The number of fused-ring (bicyclic) bond motifs is 2. The summed E-state index contributed by atoms with van der Waals surface area (Å²) < 4.78 is 13.8. The summed E-state index contributed by atoms with van der Waals surface area (Å²) in [5.74, 6) is 0. The average molecular weight is 414 g/mol. The number of nitrogens with zero attached hydrogens (tertiary/aromatic N) is 4. The minimum Gasteiger partial charge on any atom is -0.413 e. The number of methoxy groups -OCH3 is 1. The van der Waals surface area contributed by atoms with Gasteiger partial charge in [0.25, 0.3) is 0 Å². The van der Waals surface area contributed by atoms with Crippen LogP contribution in [0.15, 0.2) is 39.9 Å². The maximum atomic E-state index is 5.84. The van der Waals surface area contributed by atoms with Gasteiger partial charge in [0.2, 0.25) is 0 Å². The molecule has 26 heavy (non-hydrogen) atoms. The molecule has 4 rings (SSSR count). The van der Waals surface area contributed by atoms with Gasteiger partial charge in [-0.15, -0.1) is 0 Å². The van der Waals surface area contributed by atoms with Crippen LogP contribution in [0.1, 0.15) is 11.3 Å². The molecule has 9 heteroatoms. The van der Waals surface area contributed by atoms with E-state index in [9.17, 15) is 0 Å². The first kappa shape index (κ1) is 17.4. The highest BCUT2D eigenvalue weighted by molar-refractivity contribution is 9.10. The number of ether oxygens (including phenoxy) is 1. The second-order valence-corrected chi connectivity index (χ2v) is 6.91. The Balaban J connectivity index is 1.92. The SMILES string of the molecule is COCc1cccc2c1N=C(c1nn(C)c3ncc(Br)cc13)B2OCN. The zero-order valence-electron chi connectivity index (χ0n) is 14.4. The Labute approximate surface area is 159 Å². The van der Waals surface area contributed by atoms with E-state index in [-0.39, 0.29) is 13.6 Å². The number of aromatic nitrogens is 3. The summed E-state index contributed by atoms with van der Waals surface area (Å²) in [4.78, 5) is 9.32. The standard InChI is InChI=1S/C17H17BBrN5O2/c1-24-17-12(6-11(19)7-21-17)15(23-24)16-18(26-9-20)13-5-3-4-10(8-25-2)14(13)22-16/h3-7H,8-9,20H2,1-2H3. The van der Waals surface area contributed by atoms with Gasteiger partial charge in [-0.05, 0) is 27.5 Å². The fourth-order valence-corrected chi connectivity index (χ4v) is 3.64. The lowest BCUT2D eigenvalue weighted by molar-refractivity contribution is 0.185. The molecule has 0 fully saturated rings. The zero-order chi connectivity index (χ0) is 18.3. The van der Waals surface area contributed by atoms with E-state index in [4.69, 9.17) is 20.1 Å². The molecule has 0 amide bonds. The molecule has 0 unspecified atom stereocenters. The smallest absolute Gasteiger partial charge is 0.386 e. The minimum atomic E-state index is -0.371. The Kier molecular flexibility index (Phi) is 4.62. The Morgan fingerprint density at radius 2 is 2.19 bits per heavy atom. The van der Waals surface area contributed by atoms with Gasteiger partial charge in [-0.25, -0.2) is 9.67 Å². The average Bonchev–Trinajstić information content (AvgIpc) is 3.14. The number of nitrogens with two attached hydrogens (primary N) is 1. The summed E-state index contributed by atoms with van der Waals surface area (Å²) in [5.41, 5.74) is 10.8. The van der Waals surface area contributed by atoms with Crippen LogP contribution in [-0.4, -0.2) is 41.1 Å². The van der Waals surface area contributed by atoms with Crippen LogP contribution in [0.5, 0.6) is 0 Å². The monoisotopic (exact) mass is 413 g/mol. The lowest BCUT2D eigenvalue weighted by atomic mass is 9.57. The minimum absolute atomic E-state index is 0.0876. The summed E-state index contributed by atoms with van der Waals surface area (Å²) in [6, 6.07) is 7.98. The molecule has 0 saturated carbocycles. The Morgan fingerprint density at radius 3 is 2.96 bits per heavy atom. The Hall–Kier alpha value is -2.07. The van der Waals surface area contributed by atoms with Crippen molar-refractivity contribution in [2.75, 3.05) is 13.8 Å². The molecule has 0 spiro atoms. The number of halogens is 1. The normalized spacial score (nSPS) is 13.4. The second kappa shape index (κ2) is 6.92. The molecule has 7 nitrogen and oxygen atoms in total. The zero-order valence-corrected chi connectivity index (χ0v) is 16.0. The van der Waals surface area contributed by atoms with Crippen molar-refractivity contribution < 1.29 is 9.39 Å². The predicted molar refractivity (Wildman–Crippen MR) is 105 cm³/mol. The van der Waals surface area contributed by atoms with E-state index in [1.165, 1.54) is 0 Å². The molecule has 1 aliphatic heterocycles. The lowest BCUT2D eigenvalue weighted by Crippen LogP contribution is -2.40. The van der Waals surface area contributed by atoms with E-state index >= 15 is 0 Å². The molecule has 0 atom stereocenters.